The van der Waals surface area contributed by atoms with Crippen LogP contribution >= 0.6 is 0 Å². The van der Waals surface area contributed by atoms with E-state index in [1.807, 2.05) is 49.4 Å². The molecule has 0 unspecified atom stereocenters. The number of hydrogen-bond donors (Lipinski definition) is 2. The molecule has 4 aromatic rings. The van der Waals surface area contributed by atoms with Gasteiger partial charge in [0.25, 0.3) is 5.56 Å². The number of fused-ring (bicyclic) bond motifs is 1. The van der Waals surface area contributed by atoms with Crippen LogP contribution in [0.1, 0.15) is 24.1 Å². The summed E-state index contributed by atoms with van der Waals surface area (Å²) in [7, 11) is 0. The average Bonchev–Trinajstić information content (AvgIpc) is 2.72. The van der Waals surface area contributed by atoms with Gasteiger partial charge in [-0.05, 0) is 24.1 Å². The Morgan fingerprint density at radius 2 is 1.93 bits per heavy atom. The summed E-state index contributed by atoms with van der Waals surface area (Å²) in [6.45, 7) is 2.13. The summed E-state index contributed by atoms with van der Waals surface area (Å²) in [5.74, 6) is 0.319. The van der Waals surface area contributed by atoms with E-state index in [9.17, 15) is 9.59 Å². The number of benzene rings is 1. The molecule has 28 heavy (non-hydrogen) atoms. The van der Waals surface area contributed by atoms with E-state index in [-0.39, 0.29) is 23.6 Å². The minimum absolute atomic E-state index is 0.0867. The molecule has 0 aliphatic rings. The summed E-state index contributed by atoms with van der Waals surface area (Å²) in [5, 5.41) is 3.41. The third-order valence-electron chi connectivity index (χ3n) is 4.45. The van der Waals surface area contributed by atoms with E-state index in [1.165, 1.54) is 6.20 Å². The van der Waals surface area contributed by atoms with Gasteiger partial charge in [0.2, 0.25) is 5.95 Å². The van der Waals surface area contributed by atoms with Crippen molar-refractivity contribution in [3.05, 3.63) is 93.0 Å². The Morgan fingerprint density at radius 1 is 1.11 bits per heavy atom. The molecule has 2 N–H and O–H groups in total. The van der Waals surface area contributed by atoms with Crippen LogP contribution in [0.5, 0.6) is 0 Å². The van der Waals surface area contributed by atoms with Crippen LogP contribution < -0.4 is 16.6 Å². The highest BCUT2D eigenvalue weighted by Gasteiger charge is 2.12. The molecule has 3 aromatic heterocycles. The molecule has 0 radical (unpaired) electrons. The number of nitrogens with one attached hydrogen (secondary N) is 2. The number of nitrogens with zero attached hydrogens (tertiary/aromatic N) is 4. The van der Waals surface area contributed by atoms with Gasteiger partial charge in [0.1, 0.15) is 5.39 Å². The number of pyridine rings is 1. The summed E-state index contributed by atoms with van der Waals surface area (Å²) in [4.78, 5) is 40.5. The van der Waals surface area contributed by atoms with Gasteiger partial charge < -0.3 is 5.32 Å². The number of anilines is 1. The SMILES string of the molecule is C[C@@H](Nc1ncc2c(=O)n(Cc3ccccc3)c(=O)[nH]c2n1)c1cccnc1. The Labute approximate surface area is 160 Å². The molecule has 0 amide bonds. The predicted molar refractivity (Wildman–Crippen MR) is 106 cm³/mol. The van der Waals surface area contributed by atoms with Gasteiger partial charge in [-0.2, -0.15) is 4.98 Å². The summed E-state index contributed by atoms with van der Waals surface area (Å²) in [6, 6.07) is 13.0. The Hall–Kier alpha value is -3.81. The number of H-pyrrole nitrogens is 1. The molecule has 3 heterocycles. The molecule has 0 aliphatic heterocycles. The third kappa shape index (κ3) is 3.52. The third-order valence-corrected chi connectivity index (χ3v) is 4.45. The van der Waals surface area contributed by atoms with Crippen LogP contribution in [0.15, 0.2) is 70.6 Å². The van der Waals surface area contributed by atoms with Gasteiger partial charge >= 0.3 is 5.69 Å². The fourth-order valence-electron chi connectivity index (χ4n) is 2.93. The second-order valence-corrected chi connectivity index (χ2v) is 6.42. The van der Waals surface area contributed by atoms with Crippen LogP contribution in [-0.4, -0.2) is 24.5 Å². The van der Waals surface area contributed by atoms with Crippen molar-refractivity contribution < 1.29 is 0 Å². The largest absolute Gasteiger partial charge is 0.348 e. The van der Waals surface area contributed by atoms with Crippen molar-refractivity contribution in [2.45, 2.75) is 19.5 Å². The van der Waals surface area contributed by atoms with Crippen molar-refractivity contribution >= 4 is 17.0 Å². The quantitative estimate of drug-likeness (QED) is 0.554. The molecular weight excluding hydrogens is 356 g/mol. The highest BCUT2D eigenvalue weighted by atomic mass is 16.2. The minimum Gasteiger partial charge on any atom is -0.348 e. The standard InChI is InChI=1S/C20H18N6O2/c1-13(15-8-5-9-21-10-15)23-19-22-11-16-17(24-19)25-20(28)26(18(16)27)12-14-6-3-2-4-7-14/h2-11,13H,12H2,1H3,(H2,22,23,24,25,28)/t13-/m1/s1. The summed E-state index contributed by atoms with van der Waals surface area (Å²) < 4.78 is 1.15. The monoisotopic (exact) mass is 374 g/mol. The van der Waals surface area contributed by atoms with E-state index in [2.05, 4.69) is 25.3 Å². The second-order valence-electron chi connectivity index (χ2n) is 6.42. The Kier molecular flexibility index (Phi) is 4.67. The topological polar surface area (TPSA) is 106 Å². The van der Waals surface area contributed by atoms with Gasteiger partial charge in [0.05, 0.1) is 12.6 Å². The lowest BCUT2D eigenvalue weighted by Crippen LogP contribution is -2.35. The summed E-state index contributed by atoms with van der Waals surface area (Å²) in [5.41, 5.74) is 1.10. The number of aromatic nitrogens is 5. The van der Waals surface area contributed by atoms with Crippen LogP contribution in [0.2, 0.25) is 0 Å². The van der Waals surface area contributed by atoms with Gasteiger partial charge in [-0.3, -0.25) is 19.3 Å². The zero-order valence-electron chi connectivity index (χ0n) is 15.2. The van der Waals surface area contributed by atoms with Crippen LogP contribution in [0.25, 0.3) is 11.0 Å². The first-order valence-corrected chi connectivity index (χ1v) is 8.82. The van der Waals surface area contributed by atoms with Crippen LogP contribution in [0.3, 0.4) is 0 Å². The van der Waals surface area contributed by atoms with Crippen LogP contribution in [0.4, 0.5) is 5.95 Å². The Balaban J connectivity index is 1.67. The van der Waals surface area contributed by atoms with Crippen molar-refractivity contribution in [3.8, 4) is 0 Å². The van der Waals surface area contributed by atoms with E-state index in [1.54, 1.807) is 12.4 Å². The maximum absolute atomic E-state index is 12.7. The lowest BCUT2D eigenvalue weighted by atomic mass is 10.1. The molecule has 140 valence electrons. The first kappa shape index (κ1) is 17.6. The van der Waals surface area contributed by atoms with Crippen molar-refractivity contribution in [2.75, 3.05) is 5.32 Å². The highest BCUT2D eigenvalue weighted by molar-refractivity contribution is 5.73. The molecule has 1 aromatic carbocycles. The van der Waals surface area contributed by atoms with Gasteiger partial charge in [-0.15, -0.1) is 0 Å². The molecule has 0 spiro atoms. The molecule has 0 saturated carbocycles. The Morgan fingerprint density at radius 3 is 2.68 bits per heavy atom. The molecule has 4 rings (SSSR count). The maximum atomic E-state index is 12.7. The lowest BCUT2D eigenvalue weighted by Gasteiger charge is -2.14. The van der Waals surface area contributed by atoms with E-state index >= 15 is 0 Å². The molecule has 0 saturated heterocycles. The molecule has 8 heteroatoms. The lowest BCUT2D eigenvalue weighted by molar-refractivity contribution is 0.709. The molecular formula is C20H18N6O2. The Bertz CT molecular complexity index is 1220. The first-order chi connectivity index (χ1) is 13.6. The van der Waals surface area contributed by atoms with E-state index in [4.69, 9.17) is 0 Å². The van der Waals surface area contributed by atoms with Gasteiger partial charge in [0, 0.05) is 18.6 Å². The van der Waals surface area contributed by atoms with E-state index in [0.717, 1.165) is 15.7 Å². The minimum atomic E-state index is -0.508. The predicted octanol–water partition coefficient (Wildman–Crippen LogP) is 2.10. The molecule has 1 atom stereocenters. The number of aromatic amines is 1. The van der Waals surface area contributed by atoms with E-state index < -0.39 is 11.2 Å². The van der Waals surface area contributed by atoms with Gasteiger partial charge in [-0.25, -0.2) is 9.78 Å². The van der Waals surface area contributed by atoms with Crippen LogP contribution in [-0.2, 0) is 6.54 Å². The number of hydrogen-bond acceptors (Lipinski definition) is 6. The van der Waals surface area contributed by atoms with Crippen molar-refractivity contribution in [1.82, 2.24) is 24.5 Å². The van der Waals surface area contributed by atoms with Crippen molar-refractivity contribution in [2.24, 2.45) is 0 Å². The van der Waals surface area contributed by atoms with Crippen molar-refractivity contribution in [3.63, 3.8) is 0 Å². The average molecular weight is 374 g/mol. The van der Waals surface area contributed by atoms with Crippen LogP contribution in [0, 0.1) is 0 Å². The molecule has 8 nitrogen and oxygen atoms in total. The smallest absolute Gasteiger partial charge is 0.330 e. The van der Waals surface area contributed by atoms with Gasteiger partial charge in [0.15, 0.2) is 5.65 Å². The zero-order valence-corrected chi connectivity index (χ0v) is 15.2. The normalized spacial score (nSPS) is 12.0. The number of rotatable bonds is 5. The zero-order chi connectivity index (χ0) is 19.5. The fraction of sp³-hybridized carbons (Fsp3) is 0.150. The molecule has 0 aliphatic carbocycles. The second kappa shape index (κ2) is 7.43. The molecule has 0 bridgehead atoms. The maximum Gasteiger partial charge on any atom is 0.330 e. The van der Waals surface area contributed by atoms with Gasteiger partial charge in [-0.1, -0.05) is 36.4 Å². The summed E-state index contributed by atoms with van der Waals surface area (Å²) in [6.07, 6.45) is 4.89. The van der Waals surface area contributed by atoms with E-state index in [0.29, 0.717) is 5.95 Å². The summed E-state index contributed by atoms with van der Waals surface area (Å²) >= 11 is 0. The molecule has 0 fully saturated rings. The highest BCUT2D eigenvalue weighted by Crippen LogP contribution is 2.16. The first-order valence-electron chi connectivity index (χ1n) is 8.82. The van der Waals surface area contributed by atoms with Crippen molar-refractivity contribution in [1.29, 1.82) is 0 Å². The fourth-order valence-corrected chi connectivity index (χ4v) is 2.93.